The minimum atomic E-state index is -0.218. The second-order valence-corrected chi connectivity index (χ2v) is 9.68. The number of urea groups is 1. The molecule has 2 aliphatic rings. The van der Waals surface area contributed by atoms with Gasteiger partial charge < -0.3 is 15.1 Å². The number of nitrogens with one attached hydrogen (secondary N) is 1. The molecular formula is C22H23Cl2N3O2S. The first-order valence-corrected chi connectivity index (χ1v) is 11.7. The molecule has 2 heterocycles. The maximum atomic E-state index is 12.7. The van der Waals surface area contributed by atoms with Gasteiger partial charge in [0.25, 0.3) is 0 Å². The summed E-state index contributed by atoms with van der Waals surface area (Å²) in [5.74, 6) is 0.702. The number of benzene rings is 2. The Hall–Kier alpha value is -1.89. The quantitative estimate of drug-likeness (QED) is 0.682. The molecular weight excluding hydrogens is 441 g/mol. The van der Waals surface area contributed by atoms with Crippen molar-refractivity contribution < 1.29 is 9.59 Å². The molecule has 30 heavy (non-hydrogen) atoms. The molecule has 4 rings (SSSR count). The fourth-order valence-corrected chi connectivity index (χ4v) is 5.93. The molecule has 2 saturated heterocycles. The number of nitrogens with zero attached hydrogens (tertiary/aromatic N) is 2. The van der Waals surface area contributed by atoms with Crippen molar-refractivity contribution >= 4 is 52.6 Å². The second kappa shape index (κ2) is 9.08. The number of amides is 3. The van der Waals surface area contributed by atoms with Crippen molar-refractivity contribution in [2.24, 2.45) is 0 Å². The highest BCUT2D eigenvalue weighted by atomic mass is 35.5. The van der Waals surface area contributed by atoms with Crippen LogP contribution in [0.5, 0.6) is 0 Å². The summed E-state index contributed by atoms with van der Waals surface area (Å²) >= 11 is 14.0. The van der Waals surface area contributed by atoms with Crippen molar-refractivity contribution in [3.05, 3.63) is 64.1 Å². The third-order valence-corrected chi connectivity index (χ3v) is 7.94. The van der Waals surface area contributed by atoms with E-state index < -0.39 is 0 Å². The van der Waals surface area contributed by atoms with E-state index in [0.717, 1.165) is 19.3 Å². The largest absolute Gasteiger partial charge is 0.327 e. The predicted molar refractivity (Wildman–Crippen MR) is 123 cm³/mol. The van der Waals surface area contributed by atoms with E-state index in [1.165, 1.54) is 5.56 Å². The fourth-order valence-electron chi connectivity index (χ4n) is 4.07. The van der Waals surface area contributed by atoms with E-state index in [-0.39, 0.29) is 16.8 Å². The third kappa shape index (κ3) is 4.41. The minimum Gasteiger partial charge on any atom is -0.327 e. The maximum Gasteiger partial charge on any atom is 0.321 e. The van der Waals surface area contributed by atoms with Gasteiger partial charge in [0.2, 0.25) is 5.91 Å². The van der Waals surface area contributed by atoms with Gasteiger partial charge in [-0.05, 0) is 37.0 Å². The molecule has 0 unspecified atom stereocenters. The predicted octanol–water partition coefficient (Wildman–Crippen LogP) is 5.14. The molecule has 2 aromatic carbocycles. The monoisotopic (exact) mass is 463 g/mol. The first-order valence-electron chi connectivity index (χ1n) is 9.97. The molecule has 2 aliphatic heterocycles. The van der Waals surface area contributed by atoms with E-state index in [4.69, 9.17) is 23.2 Å². The summed E-state index contributed by atoms with van der Waals surface area (Å²) in [7, 11) is 0. The number of anilines is 1. The van der Waals surface area contributed by atoms with E-state index in [0.29, 0.717) is 41.1 Å². The molecule has 2 aromatic rings. The number of halogens is 2. The highest BCUT2D eigenvalue weighted by Crippen LogP contribution is 2.44. The number of thioether (sulfide) groups is 1. The maximum absolute atomic E-state index is 12.7. The average molecular weight is 464 g/mol. The number of likely N-dealkylation sites (tertiary alicyclic amines) is 1. The number of carbonyl (C=O) groups is 2. The Labute approximate surface area is 190 Å². The van der Waals surface area contributed by atoms with E-state index in [2.05, 4.69) is 17.4 Å². The fraction of sp³-hybridized carbons (Fsp3) is 0.364. The number of para-hydroxylation sites is 1. The number of rotatable bonds is 4. The lowest BCUT2D eigenvalue weighted by atomic mass is 10.0. The molecule has 158 valence electrons. The van der Waals surface area contributed by atoms with Gasteiger partial charge in [-0.25, -0.2) is 4.79 Å². The summed E-state index contributed by atoms with van der Waals surface area (Å²) in [5, 5.41) is 3.65. The molecule has 5 nitrogen and oxygen atoms in total. The summed E-state index contributed by atoms with van der Waals surface area (Å²) < 4.78 is 0. The molecule has 0 saturated carbocycles. The van der Waals surface area contributed by atoms with Crippen LogP contribution in [-0.2, 0) is 11.2 Å². The van der Waals surface area contributed by atoms with Crippen LogP contribution >= 0.6 is 35.0 Å². The van der Waals surface area contributed by atoms with Gasteiger partial charge in [-0.3, -0.25) is 4.79 Å². The second-order valence-electron chi connectivity index (χ2n) is 7.53. The van der Waals surface area contributed by atoms with Gasteiger partial charge in [-0.15, -0.1) is 11.8 Å². The molecule has 1 N–H and O–H groups in total. The van der Waals surface area contributed by atoms with Gasteiger partial charge in [-0.2, -0.15) is 0 Å². The molecule has 8 heteroatoms. The van der Waals surface area contributed by atoms with Crippen LogP contribution < -0.4 is 5.32 Å². The van der Waals surface area contributed by atoms with Crippen molar-refractivity contribution in [2.45, 2.75) is 24.1 Å². The number of hydrogen-bond acceptors (Lipinski definition) is 3. The Morgan fingerprint density at radius 1 is 1.03 bits per heavy atom. The van der Waals surface area contributed by atoms with Crippen LogP contribution in [0, 0.1) is 0 Å². The highest BCUT2D eigenvalue weighted by molar-refractivity contribution is 8.01. The Morgan fingerprint density at radius 2 is 1.70 bits per heavy atom. The molecule has 0 aromatic heterocycles. The van der Waals surface area contributed by atoms with Crippen LogP contribution in [0.3, 0.4) is 0 Å². The molecule has 0 atom stereocenters. The van der Waals surface area contributed by atoms with Crippen molar-refractivity contribution in [3.8, 4) is 0 Å². The highest BCUT2D eigenvalue weighted by Gasteiger charge is 2.48. The summed E-state index contributed by atoms with van der Waals surface area (Å²) in [6, 6.07) is 15.1. The summed E-state index contributed by atoms with van der Waals surface area (Å²) in [6.45, 7) is 1.86. The summed E-state index contributed by atoms with van der Waals surface area (Å²) in [4.78, 5) is 28.9. The van der Waals surface area contributed by atoms with Crippen LogP contribution in [-0.4, -0.2) is 52.0 Å². The van der Waals surface area contributed by atoms with E-state index in [1.54, 1.807) is 34.9 Å². The minimum absolute atomic E-state index is 0.191. The standard InChI is InChI=1S/C22H23Cl2N3O2S/c23-17-7-4-8-18(24)20(17)25-21(29)26-13-10-22(11-14-26)27(19(28)15-30-22)12-9-16-5-2-1-3-6-16/h1-8H,9-15H2,(H,25,29). The smallest absolute Gasteiger partial charge is 0.321 e. The van der Waals surface area contributed by atoms with Gasteiger partial charge in [0.05, 0.1) is 26.4 Å². The van der Waals surface area contributed by atoms with Gasteiger partial charge in [0, 0.05) is 19.6 Å². The molecule has 2 fully saturated rings. The third-order valence-electron chi connectivity index (χ3n) is 5.75. The lowest BCUT2D eigenvalue weighted by Crippen LogP contribution is -2.54. The van der Waals surface area contributed by atoms with Crippen LogP contribution in [0.15, 0.2) is 48.5 Å². The van der Waals surface area contributed by atoms with Gasteiger partial charge in [-0.1, -0.05) is 59.6 Å². The van der Waals surface area contributed by atoms with Gasteiger partial charge >= 0.3 is 6.03 Å². The van der Waals surface area contributed by atoms with E-state index in [1.807, 2.05) is 23.1 Å². The van der Waals surface area contributed by atoms with Crippen LogP contribution in [0.1, 0.15) is 18.4 Å². The zero-order valence-electron chi connectivity index (χ0n) is 16.4. The molecule has 1 spiro atoms. The topological polar surface area (TPSA) is 52.7 Å². The summed E-state index contributed by atoms with van der Waals surface area (Å²) in [5.41, 5.74) is 1.66. The molecule has 0 aliphatic carbocycles. The van der Waals surface area contributed by atoms with Crippen molar-refractivity contribution in [2.75, 3.05) is 30.7 Å². The summed E-state index contributed by atoms with van der Waals surface area (Å²) in [6.07, 6.45) is 2.34. The van der Waals surface area contributed by atoms with Crippen molar-refractivity contribution in [1.82, 2.24) is 9.80 Å². The van der Waals surface area contributed by atoms with E-state index >= 15 is 0 Å². The molecule has 3 amide bonds. The van der Waals surface area contributed by atoms with Crippen LogP contribution in [0.4, 0.5) is 10.5 Å². The molecule has 0 radical (unpaired) electrons. The van der Waals surface area contributed by atoms with Crippen LogP contribution in [0.2, 0.25) is 10.0 Å². The zero-order chi connectivity index (χ0) is 21.1. The molecule has 0 bridgehead atoms. The Bertz CT molecular complexity index is 913. The number of piperidine rings is 1. The van der Waals surface area contributed by atoms with E-state index in [9.17, 15) is 9.59 Å². The first kappa shape index (κ1) is 21.3. The Morgan fingerprint density at radius 3 is 2.37 bits per heavy atom. The lowest BCUT2D eigenvalue weighted by Gasteiger charge is -2.44. The number of carbonyl (C=O) groups excluding carboxylic acids is 2. The SMILES string of the molecule is O=C(Nc1c(Cl)cccc1Cl)N1CCC2(CC1)SCC(=O)N2CCc1ccccc1. The van der Waals surface area contributed by atoms with Gasteiger partial charge in [0.15, 0.2) is 0 Å². The van der Waals surface area contributed by atoms with Crippen molar-refractivity contribution in [3.63, 3.8) is 0 Å². The first-order chi connectivity index (χ1) is 14.5. The van der Waals surface area contributed by atoms with Gasteiger partial charge in [0.1, 0.15) is 0 Å². The van der Waals surface area contributed by atoms with Crippen LogP contribution in [0.25, 0.3) is 0 Å². The lowest BCUT2D eigenvalue weighted by molar-refractivity contribution is -0.131. The van der Waals surface area contributed by atoms with Crippen molar-refractivity contribution in [1.29, 1.82) is 0 Å². The normalized spacial score (nSPS) is 18.1. The zero-order valence-corrected chi connectivity index (χ0v) is 18.8. The Balaban J connectivity index is 1.38. The average Bonchev–Trinajstić information content (AvgIpc) is 3.05. The number of hydrogen-bond donors (Lipinski definition) is 1. The Kier molecular flexibility index (Phi) is 6.46.